The molecule has 0 aliphatic carbocycles. The van der Waals surface area contributed by atoms with E-state index in [0.29, 0.717) is 5.56 Å². The summed E-state index contributed by atoms with van der Waals surface area (Å²) in [4.78, 5) is 48.0. The van der Waals surface area contributed by atoms with Gasteiger partial charge in [-0.25, -0.2) is 9.52 Å². The minimum absolute atomic E-state index is 0.0243. The largest absolute Gasteiger partial charge is 0.508 e. The van der Waals surface area contributed by atoms with E-state index in [0.717, 1.165) is 19.1 Å². The van der Waals surface area contributed by atoms with Crippen molar-refractivity contribution in [2.24, 2.45) is 0 Å². The maximum atomic E-state index is 12.9. The normalized spacial score (nSPS) is 12.3. The third-order valence-electron chi connectivity index (χ3n) is 4.31. The molecule has 4 N–H and O–H groups in total. The van der Waals surface area contributed by atoms with Crippen molar-refractivity contribution in [3.05, 3.63) is 64.2 Å². The van der Waals surface area contributed by atoms with Crippen molar-refractivity contribution in [3.8, 4) is 5.75 Å². The molecular formula is C20H22N4O7S. The Kier molecular flexibility index (Phi) is 8.98. The van der Waals surface area contributed by atoms with Crippen LogP contribution in [0.15, 0.2) is 53.4 Å². The fourth-order valence-corrected chi connectivity index (χ4v) is 3.46. The SMILES string of the molecule is CNC(=O)CC(NSc1ccccc1[N+](=O)[O-])C(=O)NC(C(=O)OC)c1ccc(O)cc1. The molecule has 0 spiro atoms. The average Bonchev–Trinajstić information content (AvgIpc) is 2.80. The predicted octanol–water partition coefficient (Wildman–Crippen LogP) is 1.43. The number of carbonyl (C=O) groups is 3. The smallest absolute Gasteiger partial charge is 0.333 e. The van der Waals surface area contributed by atoms with Crippen molar-refractivity contribution in [1.82, 2.24) is 15.4 Å². The molecule has 2 atom stereocenters. The number of nitro groups is 1. The van der Waals surface area contributed by atoms with Gasteiger partial charge in [-0.1, -0.05) is 24.3 Å². The number of carbonyl (C=O) groups excluding carboxylic acids is 3. The molecule has 0 fully saturated rings. The van der Waals surface area contributed by atoms with Crippen LogP contribution in [0.2, 0.25) is 0 Å². The average molecular weight is 462 g/mol. The molecule has 2 aromatic rings. The number of ether oxygens (including phenoxy) is 1. The Bertz CT molecular complexity index is 984. The summed E-state index contributed by atoms with van der Waals surface area (Å²) in [6.45, 7) is 0. The van der Waals surface area contributed by atoms with Crippen LogP contribution in [-0.2, 0) is 19.1 Å². The van der Waals surface area contributed by atoms with Crippen molar-refractivity contribution in [2.75, 3.05) is 14.2 Å². The Balaban J connectivity index is 2.23. The highest BCUT2D eigenvalue weighted by Crippen LogP contribution is 2.27. The van der Waals surface area contributed by atoms with Gasteiger partial charge in [-0.2, -0.15) is 0 Å². The Hall–Kier alpha value is -3.64. The zero-order valence-corrected chi connectivity index (χ0v) is 18.0. The van der Waals surface area contributed by atoms with Crippen LogP contribution < -0.4 is 15.4 Å². The predicted molar refractivity (Wildman–Crippen MR) is 116 cm³/mol. The highest BCUT2D eigenvalue weighted by molar-refractivity contribution is 7.97. The maximum Gasteiger partial charge on any atom is 0.333 e. The van der Waals surface area contributed by atoms with Crippen LogP contribution in [0, 0.1) is 10.1 Å². The monoisotopic (exact) mass is 462 g/mol. The molecule has 0 saturated carbocycles. The van der Waals surface area contributed by atoms with Gasteiger partial charge in [0.25, 0.3) is 5.69 Å². The summed E-state index contributed by atoms with van der Waals surface area (Å²) in [7, 11) is 2.56. The first-order chi connectivity index (χ1) is 15.3. The Labute approximate surface area is 187 Å². The second kappa shape index (κ2) is 11.7. The third kappa shape index (κ3) is 6.68. The van der Waals surface area contributed by atoms with Crippen molar-refractivity contribution in [3.63, 3.8) is 0 Å². The Morgan fingerprint density at radius 3 is 2.41 bits per heavy atom. The number of para-hydroxylation sites is 1. The van der Waals surface area contributed by atoms with Crippen molar-refractivity contribution in [2.45, 2.75) is 23.4 Å². The highest BCUT2D eigenvalue weighted by atomic mass is 32.2. The lowest BCUT2D eigenvalue weighted by atomic mass is 10.1. The molecule has 0 bridgehead atoms. The lowest BCUT2D eigenvalue weighted by Crippen LogP contribution is -2.47. The van der Waals surface area contributed by atoms with E-state index in [1.807, 2.05) is 0 Å². The van der Waals surface area contributed by atoms with Crippen LogP contribution in [0.25, 0.3) is 0 Å². The van der Waals surface area contributed by atoms with Gasteiger partial charge in [0.2, 0.25) is 11.8 Å². The number of hydrogen-bond acceptors (Lipinski definition) is 9. The van der Waals surface area contributed by atoms with E-state index in [9.17, 15) is 29.6 Å². The summed E-state index contributed by atoms with van der Waals surface area (Å²) in [6.07, 6.45) is -0.292. The molecule has 170 valence electrons. The van der Waals surface area contributed by atoms with Gasteiger partial charge in [-0.05, 0) is 35.7 Å². The third-order valence-corrected chi connectivity index (χ3v) is 5.28. The molecule has 2 rings (SSSR count). The number of phenols is 1. The van der Waals surface area contributed by atoms with Gasteiger partial charge < -0.3 is 20.5 Å². The molecule has 0 aromatic heterocycles. The van der Waals surface area contributed by atoms with Crippen LogP contribution in [0.4, 0.5) is 5.69 Å². The zero-order chi connectivity index (χ0) is 23.7. The molecule has 2 unspecified atom stereocenters. The molecular weight excluding hydrogens is 440 g/mol. The first-order valence-electron chi connectivity index (χ1n) is 9.30. The molecule has 2 amide bonds. The van der Waals surface area contributed by atoms with Crippen molar-refractivity contribution >= 4 is 35.4 Å². The fourth-order valence-electron chi connectivity index (χ4n) is 2.61. The molecule has 2 aromatic carbocycles. The Morgan fingerprint density at radius 2 is 1.81 bits per heavy atom. The first-order valence-corrected chi connectivity index (χ1v) is 10.1. The van der Waals surface area contributed by atoms with Gasteiger partial charge in [0.1, 0.15) is 16.7 Å². The number of nitrogens with zero attached hydrogens (tertiary/aromatic N) is 1. The summed E-state index contributed by atoms with van der Waals surface area (Å²) in [5.74, 6) is -1.94. The lowest BCUT2D eigenvalue weighted by Gasteiger charge is -2.22. The molecule has 0 aliphatic rings. The Morgan fingerprint density at radius 1 is 1.16 bits per heavy atom. The highest BCUT2D eigenvalue weighted by Gasteiger charge is 2.29. The number of aromatic hydroxyl groups is 1. The van der Waals surface area contributed by atoms with Gasteiger partial charge in [0.15, 0.2) is 6.04 Å². The van der Waals surface area contributed by atoms with Crippen molar-refractivity contribution in [1.29, 1.82) is 0 Å². The van der Waals surface area contributed by atoms with Crippen LogP contribution in [-0.4, -0.2) is 48.0 Å². The molecule has 0 aliphatic heterocycles. The van der Waals surface area contributed by atoms with Crippen LogP contribution >= 0.6 is 11.9 Å². The molecule has 11 nitrogen and oxygen atoms in total. The van der Waals surface area contributed by atoms with Crippen LogP contribution in [0.3, 0.4) is 0 Å². The van der Waals surface area contributed by atoms with Gasteiger partial charge in [0.05, 0.1) is 18.5 Å². The fraction of sp³-hybridized carbons (Fsp3) is 0.250. The number of phenolic OH excluding ortho intramolecular Hbond substituents is 1. The molecule has 0 radical (unpaired) electrons. The van der Waals surface area contributed by atoms with E-state index >= 15 is 0 Å². The second-order valence-corrected chi connectivity index (χ2v) is 7.31. The standard InChI is InChI=1S/C20H22N4O7S/c1-21-17(26)11-14(23-32-16-6-4-3-5-15(16)24(29)30)19(27)22-18(20(28)31-2)12-7-9-13(25)10-8-12/h3-10,14,18,23,25H,11H2,1-2H3,(H,21,26)(H,22,27). The second-order valence-electron chi connectivity index (χ2n) is 6.43. The van der Waals surface area contributed by atoms with Gasteiger partial charge in [0, 0.05) is 13.1 Å². The van der Waals surface area contributed by atoms with E-state index in [-0.39, 0.29) is 22.8 Å². The summed E-state index contributed by atoms with van der Waals surface area (Å²) in [6, 6.07) is 9.18. The van der Waals surface area contributed by atoms with E-state index in [2.05, 4.69) is 15.4 Å². The molecule has 32 heavy (non-hydrogen) atoms. The molecule has 0 saturated heterocycles. The minimum Gasteiger partial charge on any atom is -0.508 e. The van der Waals surface area contributed by atoms with E-state index in [1.165, 1.54) is 49.5 Å². The summed E-state index contributed by atoms with van der Waals surface area (Å²) >= 11 is 0.822. The first kappa shape index (κ1) is 24.6. The minimum atomic E-state index is -1.20. The van der Waals surface area contributed by atoms with Crippen LogP contribution in [0.5, 0.6) is 5.75 Å². The maximum absolute atomic E-state index is 12.9. The van der Waals surface area contributed by atoms with Crippen molar-refractivity contribution < 1.29 is 29.2 Å². The van der Waals surface area contributed by atoms with Crippen LogP contribution in [0.1, 0.15) is 18.0 Å². The summed E-state index contributed by atoms with van der Waals surface area (Å²) in [5, 5.41) is 25.6. The van der Waals surface area contributed by atoms with E-state index in [1.54, 1.807) is 6.07 Å². The lowest BCUT2D eigenvalue weighted by molar-refractivity contribution is -0.387. The number of esters is 1. The quantitative estimate of drug-likeness (QED) is 0.177. The van der Waals surface area contributed by atoms with E-state index < -0.39 is 34.8 Å². The van der Waals surface area contributed by atoms with Gasteiger partial charge in [-0.3, -0.25) is 19.7 Å². The number of nitro benzene ring substituents is 1. The summed E-state index contributed by atoms with van der Waals surface area (Å²) in [5.41, 5.74) is 0.189. The number of benzene rings is 2. The number of methoxy groups -OCH3 is 1. The number of rotatable bonds is 10. The number of amides is 2. The summed E-state index contributed by atoms with van der Waals surface area (Å²) < 4.78 is 7.52. The molecule has 0 heterocycles. The van der Waals surface area contributed by atoms with Gasteiger partial charge in [-0.15, -0.1) is 0 Å². The topological polar surface area (TPSA) is 160 Å². The molecule has 12 heteroatoms. The number of nitrogens with one attached hydrogen (secondary N) is 3. The number of hydrogen-bond donors (Lipinski definition) is 4. The zero-order valence-electron chi connectivity index (χ0n) is 17.2. The van der Waals surface area contributed by atoms with Gasteiger partial charge >= 0.3 is 5.97 Å². The van der Waals surface area contributed by atoms with E-state index in [4.69, 9.17) is 4.74 Å².